The number of carbonyl (C=O) groups is 3. The monoisotopic (exact) mass is 379 g/mol. The van der Waals surface area contributed by atoms with Crippen LogP contribution in [0, 0.1) is 12.8 Å². The quantitative estimate of drug-likeness (QED) is 0.809. The first-order chi connectivity index (χ1) is 13.5. The molecule has 3 amide bonds. The van der Waals surface area contributed by atoms with Crippen molar-refractivity contribution in [3.63, 3.8) is 0 Å². The molecule has 1 atom stereocenters. The van der Waals surface area contributed by atoms with Crippen molar-refractivity contribution in [3.8, 4) is 0 Å². The lowest BCUT2D eigenvalue weighted by atomic mass is 10.1. The van der Waals surface area contributed by atoms with Crippen LogP contribution in [0.15, 0.2) is 48.5 Å². The summed E-state index contributed by atoms with van der Waals surface area (Å²) in [6.45, 7) is 4.87. The van der Waals surface area contributed by atoms with Crippen molar-refractivity contribution >= 4 is 29.1 Å². The van der Waals surface area contributed by atoms with Gasteiger partial charge in [-0.3, -0.25) is 14.4 Å². The summed E-state index contributed by atoms with van der Waals surface area (Å²) < 4.78 is 0. The van der Waals surface area contributed by atoms with E-state index in [-0.39, 0.29) is 24.1 Å². The third kappa shape index (κ3) is 4.39. The van der Waals surface area contributed by atoms with E-state index in [9.17, 15) is 14.4 Å². The van der Waals surface area contributed by atoms with Gasteiger partial charge in [0.1, 0.15) is 0 Å². The van der Waals surface area contributed by atoms with E-state index in [2.05, 4.69) is 10.6 Å². The molecule has 0 bridgehead atoms. The average molecular weight is 379 g/mol. The SMILES string of the molecule is CCCNC(=O)c1ccccc1NC(=O)C1CC(=O)N(c2ccc(C)cc2)C1. The molecule has 28 heavy (non-hydrogen) atoms. The number of para-hydroxylation sites is 1. The van der Waals surface area contributed by atoms with Gasteiger partial charge < -0.3 is 15.5 Å². The first-order valence-corrected chi connectivity index (χ1v) is 9.54. The molecular weight excluding hydrogens is 354 g/mol. The molecule has 3 rings (SSSR count). The van der Waals surface area contributed by atoms with Crippen molar-refractivity contribution in [1.29, 1.82) is 0 Å². The van der Waals surface area contributed by atoms with Crippen LogP contribution in [0.2, 0.25) is 0 Å². The second-order valence-corrected chi connectivity index (χ2v) is 7.03. The molecule has 6 nitrogen and oxygen atoms in total. The van der Waals surface area contributed by atoms with Gasteiger partial charge >= 0.3 is 0 Å². The highest BCUT2D eigenvalue weighted by molar-refractivity contribution is 6.07. The van der Waals surface area contributed by atoms with E-state index in [1.807, 2.05) is 38.1 Å². The van der Waals surface area contributed by atoms with Gasteiger partial charge in [-0.25, -0.2) is 0 Å². The minimum absolute atomic E-state index is 0.0713. The summed E-state index contributed by atoms with van der Waals surface area (Å²) in [4.78, 5) is 39.1. The van der Waals surface area contributed by atoms with E-state index in [4.69, 9.17) is 0 Å². The van der Waals surface area contributed by atoms with E-state index < -0.39 is 5.92 Å². The predicted molar refractivity (Wildman–Crippen MR) is 109 cm³/mol. The summed E-state index contributed by atoms with van der Waals surface area (Å²) in [6, 6.07) is 14.6. The first-order valence-electron chi connectivity index (χ1n) is 9.54. The Kier molecular flexibility index (Phi) is 6.09. The van der Waals surface area contributed by atoms with Gasteiger partial charge in [0.25, 0.3) is 5.91 Å². The summed E-state index contributed by atoms with van der Waals surface area (Å²) in [6.07, 6.45) is 0.989. The normalized spacial score (nSPS) is 16.1. The maximum absolute atomic E-state index is 12.8. The van der Waals surface area contributed by atoms with Crippen LogP contribution in [0.1, 0.15) is 35.7 Å². The van der Waals surface area contributed by atoms with Crippen molar-refractivity contribution in [3.05, 3.63) is 59.7 Å². The molecule has 0 aromatic heterocycles. The molecule has 0 aliphatic carbocycles. The molecule has 0 spiro atoms. The Morgan fingerprint density at radius 3 is 2.54 bits per heavy atom. The maximum Gasteiger partial charge on any atom is 0.253 e. The third-order valence-corrected chi connectivity index (χ3v) is 4.81. The molecule has 0 radical (unpaired) electrons. The lowest BCUT2D eigenvalue weighted by Crippen LogP contribution is -2.29. The van der Waals surface area contributed by atoms with E-state index in [0.717, 1.165) is 17.7 Å². The van der Waals surface area contributed by atoms with E-state index in [0.29, 0.717) is 24.3 Å². The van der Waals surface area contributed by atoms with Gasteiger partial charge in [0.15, 0.2) is 0 Å². The minimum atomic E-state index is -0.458. The number of nitrogens with one attached hydrogen (secondary N) is 2. The Balaban J connectivity index is 1.70. The number of rotatable bonds is 6. The highest BCUT2D eigenvalue weighted by atomic mass is 16.2. The van der Waals surface area contributed by atoms with Gasteiger partial charge in [0.2, 0.25) is 11.8 Å². The zero-order chi connectivity index (χ0) is 20.1. The van der Waals surface area contributed by atoms with Crippen molar-refractivity contribution in [2.75, 3.05) is 23.3 Å². The Bertz CT molecular complexity index is 877. The number of anilines is 2. The molecule has 1 unspecified atom stereocenters. The largest absolute Gasteiger partial charge is 0.352 e. The molecule has 2 aromatic rings. The molecule has 146 valence electrons. The maximum atomic E-state index is 12.8. The Morgan fingerprint density at radius 1 is 1.11 bits per heavy atom. The molecule has 6 heteroatoms. The summed E-state index contributed by atoms with van der Waals surface area (Å²) in [7, 11) is 0. The topological polar surface area (TPSA) is 78.5 Å². The summed E-state index contributed by atoms with van der Waals surface area (Å²) in [5.74, 6) is -1.00. The lowest BCUT2D eigenvalue weighted by molar-refractivity contribution is -0.122. The van der Waals surface area contributed by atoms with Gasteiger partial charge in [-0.15, -0.1) is 0 Å². The van der Waals surface area contributed by atoms with Crippen molar-refractivity contribution in [1.82, 2.24) is 5.32 Å². The Hall–Kier alpha value is -3.15. The van der Waals surface area contributed by atoms with Gasteiger partial charge in [-0.1, -0.05) is 36.8 Å². The third-order valence-electron chi connectivity index (χ3n) is 4.81. The van der Waals surface area contributed by atoms with Gasteiger partial charge in [0, 0.05) is 25.2 Å². The number of carbonyl (C=O) groups excluding carboxylic acids is 3. The molecule has 1 heterocycles. The van der Waals surface area contributed by atoms with Crippen LogP contribution < -0.4 is 15.5 Å². The van der Waals surface area contributed by atoms with E-state index >= 15 is 0 Å². The van der Waals surface area contributed by atoms with Crippen LogP contribution in [-0.4, -0.2) is 30.8 Å². The molecule has 2 N–H and O–H groups in total. The number of hydrogen-bond donors (Lipinski definition) is 2. The van der Waals surface area contributed by atoms with E-state index in [1.165, 1.54) is 0 Å². The highest BCUT2D eigenvalue weighted by Crippen LogP contribution is 2.27. The predicted octanol–water partition coefficient (Wildman–Crippen LogP) is 3.13. The van der Waals surface area contributed by atoms with Crippen LogP contribution in [0.5, 0.6) is 0 Å². The fourth-order valence-corrected chi connectivity index (χ4v) is 3.22. The van der Waals surface area contributed by atoms with Gasteiger partial charge in [-0.2, -0.15) is 0 Å². The molecule has 1 aliphatic rings. The van der Waals surface area contributed by atoms with Crippen molar-refractivity contribution in [2.24, 2.45) is 5.92 Å². The number of benzene rings is 2. The second kappa shape index (κ2) is 8.69. The fourth-order valence-electron chi connectivity index (χ4n) is 3.22. The second-order valence-electron chi connectivity index (χ2n) is 7.03. The first kappa shape index (κ1) is 19.6. The van der Waals surface area contributed by atoms with Crippen LogP contribution in [-0.2, 0) is 9.59 Å². The van der Waals surface area contributed by atoms with E-state index in [1.54, 1.807) is 29.2 Å². The molecular formula is C22H25N3O3. The number of aryl methyl sites for hydroxylation is 1. The van der Waals surface area contributed by atoms with Crippen LogP contribution in [0.4, 0.5) is 11.4 Å². The Labute approximate surface area is 164 Å². The highest BCUT2D eigenvalue weighted by Gasteiger charge is 2.35. The summed E-state index contributed by atoms with van der Waals surface area (Å²) in [5, 5.41) is 5.65. The standard InChI is InChI=1S/C22H25N3O3/c1-3-12-23-22(28)18-6-4-5-7-19(18)24-21(27)16-13-20(26)25(14-16)17-10-8-15(2)9-11-17/h4-11,16H,3,12-14H2,1-2H3,(H,23,28)(H,24,27). The molecule has 1 saturated heterocycles. The van der Waals surface area contributed by atoms with Crippen LogP contribution in [0.25, 0.3) is 0 Å². The zero-order valence-electron chi connectivity index (χ0n) is 16.2. The zero-order valence-corrected chi connectivity index (χ0v) is 16.2. The minimum Gasteiger partial charge on any atom is -0.352 e. The van der Waals surface area contributed by atoms with Crippen LogP contribution >= 0.6 is 0 Å². The Morgan fingerprint density at radius 2 is 1.82 bits per heavy atom. The fraction of sp³-hybridized carbons (Fsp3) is 0.318. The van der Waals surface area contributed by atoms with Crippen LogP contribution in [0.3, 0.4) is 0 Å². The van der Waals surface area contributed by atoms with Gasteiger partial charge in [-0.05, 0) is 37.6 Å². The van der Waals surface area contributed by atoms with Gasteiger partial charge in [0.05, 0.1) is 17.2 Å². The van der Waals surface area contributed by atoms with Crippen molar-refractivity contribution < 1.29 is 14.4 Å². The number of amides is 3. The molecule has 2 aromatic carbocycles. The number of hydrogen-bond acceptors (Lipinski definition) is 3. The molecule has 1 aliphatic heterocycles. The molecule has 1 fully saturated rings. The van der Waals surface area contributed by atoms with Crippen molar-refractivity contribution in [2.45, 2.75) is 26.7 Å². The lowest BCUT2D eigenvalue weighted by Gasteiger charge is -2.17. The number of nitrogens with zero attached hydrogens (tertiary/aromatic N) is 1. The average Bonchev–Trinajstić information content (AvgIpc) is 3.09. The molecule has 0 saturated carbocycles. The summed E-state index contributed by atoms with van der Waals surface area (Å²) in [5.41, 5.74) is 2.79. The summed E-state index contributed by atoms with van der Waals surface area (Å²) >= 11 is 0. The smallest absolute Gasteiger partial charge is 0.253 e.